The quantitative estimate of drug-likeness (QED) is 0.498. The number of nitrogens with one attached hydrogen (secondary N) is 2. The van der Waals surface area contributed by atoms with Gasteiger partial charge in [0.15, 0.2) is 0 Å². The zero-order chi connectivity index (χ0) is 24.6. The van der Waals surface area contributed by atoms with Gasteiger partial charge in [0.25, 0.3) is 0 Å². The third-order valence-corrected chi connectivity index (χ3v) is 4.86. The average Bonchev–Trinajstić information content (AvgIpc) is 2.77. The Morgan fingerprint density at radius 2 is 1.79 bits per heavy atom. The first kappa shape index (κ1) is 25.7. The lowest BCUT2D eigenvalue weighted by molar-refractivity contribution is -0.140. The number of fused-ring (bicyclic) bond motifs is 1. The number of ether oxygens (including phenoxy) is 1. The molecule has 2 N–H and O–H groups in total. The number of carbonyl (C=O) groups excluding carboxylic acids is 2. The zero-order valence-electron chi connectivity index (χ0n) is 18.3. The minimum Gasteiger partial charge on any atom is -0.457 e. The Morgan fingerprint density at radius 1 is 1.15 bits per heavy atom. The van der Waals surface area contributed by atoms with Gasteiger partial charge in [0, 0.05) is 38.9 Å². The molecule has 3 rings (SSSR count). The first-order valence-corrected chi connectivity index (χ1v) is 9.99. The molecule has 2 aromatic carbocycles. The van der Waals surface area contributed by atoms with Crippen LogP contribution in [0.2, 0.25) is 0 Å². The molecule has 10 heteroatoms. The molecule has 0 aliphatic carbocycles. The largest absolute Gasteiger partial charge is 0.457 e. The molecule has 0 saturated heterocycles. The fraction of sp³-hybridized carbons (Fsp3) is 0.304. The Balaban J connectivity index is 0.000000890. The molecule has 1 aliphatic rings. The average molecular weight is 467 g/mol. The van der Waals surface area contributed by atoms with Gasteiger partial charge in [-0.3, -0.25) is 9.59 Å². The summed E-state index contributed by atoms with van der Waals surface area (Å²) in [4.78, 5) is 23.1. The van der Waals surface area contributed by atoms with E-state index in [9.17, 15) is 22.4 Å². The van der Waals surface area contributed by atoms with Crippen LogP contribution in [-0.4, -0.2) is 37.9 Å². The third kappa shape index (κ3) is 7.23. The summed E-state index contributed by atoms with van der Waals surface area (Å²) < 4.78 is 57.3. The molecule has 0 saturated carbocycles. The van der Waals surface area contributed by atoms with Crippen LogP contribution in [0.4, 0.5) is 17.6 Å². The smallest absolute Gasteiger partial charge is 0.419 e. The standard InChI is InChI=1S/C21H20F4N2O2.C2H5NO/c1-13(26-2)9-20(28)27-8-7-14-3-4-16(10-15(14)12-27)29-17-5-6-18(19(22)11-17)21(23,24)25;1-3-2-4/h3-6,10-11,26H,1,7-9,12H2,2H3;2H,1H3,(H,3,4). The lowest BCUT2D eigenvalue weighted by Gasteiger charge is -2.29. The van der Waals surface area contributed by atoms with E-state index in [4.69, 9.17) is 9.53 Å². The van der Waals surface area contributed by atoms with Gasteiger partial charge in [-0.15, -0.1) is 0 Å². The van der Waals surface area contributed by atoms with Crippen molar-refractivity contribution in [3.63, 3.8) is 0 Å². The molecule has 0 radical (unpaired) electrons. The van der Waals surface area contributed by atoms with Gasteiger partial charge in [-0.05, 0) is 41.8 Å². The highest BCUT2D eigenvalue weighted by Crippen LogP contribution is 2.34. The number of halogens is 4. The van der Waals surface area contributed by atoms with Crippen molar-refractivity contribution in [3.8, 4) is 11.5 Å². The monoisotopic (exact) mass is 467 g/mol. The van der Waals surface area contributed by atoms with Crippen LogP contribution in [0.15, 0.2) is 48.7 Å². The van der Waals surface area contributed by atoms with Gasteiger partial charge in [-0.1, -0.05) is 12.6 Å². The maximum atomic E-state index is 13.7. The number of hydrogen-bond donors (Lipinski definition) is 2. The van der Waals surface area contributed by atoms with Crippen molar-refractivity contribution in [2.75, 3.05) is 20.6 Å². The van der Waals surface area contributed by atoms with E-state index in [0.29, 0.717) is 49.5 Å². The molecule has 178 valence electrons. The van der Waals surface area contributed by atoms with Crippen LogP contribution in [0.25, 0.3) is 0 Å². The fourth-order valence-electron chi connectivity index (χ4n) is 3.12. The number of amides is 2. The van der Waals surface area contributed by atoms with Crippen LogP contribution in [0.3, 0.4) is 0 Å². The summed E-state index contributed by atoms with van der Waals surface area (Å²) >= 11 is 0. The molecule has 33 heavy (non-hydrogen) atoms. The molecule has 2 amide bonds. The number of rotatable bonds is 6. The van der Waals surface area contributed by atoms with Gasteiger partial charge in [-0.25, -0.2) is 4.39 Å². The van der Waals surface area contributed by atoms with Crippen LogP contribution in [0.1, 0.15) is 23.1 Å². The number of carbonyl (C=O) groups is 2. The molecule has 1 aliphatic heterocycles. The lowest BCUT2D eigenvalue weighted by atomic mass is 9.99. The Labute approximate surface area is 189 Å². The number of benzene rings is 2. The fourth-order valence-corrected chi connectivity index (χ4v) is 3.12. The minimum atomic E-state index is -4.76. The van der Waals surface area contributed by atoms with Crippen LogP contribution >= 0.6 is 0 Å². The predicted molar refractivity (Wildman–Crippen MR) is 115 cm³/mol. The van der Waals surface area contributed by atoms with E-state index < -0.39 is 17.6 Å². The Kier molecular flexibility index (Phi) is 8.84. The van der Waals surface area contributed by atoms with Gasteiger partial charge in [0.1, 0.15) is 17.3 Å². The van der Waals surface area contributed by atoms with E-state index in [0.717, 1.165) is 17.2 Å². The molecule has 1 heterocycles. The summed E-state index contributed by atoms with van der Waals surface area (Å²) in [7, 11) is 3.27. The normalized spacial score (nSPS) is 12.6. The van der Waals surface area contributed by atoms with Crippen molar-refractivity contribution in [3.05, 3.63) is 71.2 Å². The second-order valence-electron chi connectivity index (χ2n) is 7.17. The molecule has 6 nitrogen and oxygen atoms in total. The van der Waals surface area contributed by atoms with Crippen LogP contribution in [0, 0.1) is 5.82 Å². The van der Waals surface area contributed by atoms with Crippen molar-refractivity contribution in [2.45, 2.75) is 25.6 Å². The number of hydrogen-bond acceptors (Lipinski definition) is 4. The Bertz CT molecular complexity index is 1010. The van der Waals surface area contributed by atoms with E-state index >= 15 is 0 Å². The van der Waals surface area contributed by atoms with Gasteiger partial charge in [0.05, 0.1) is 12.0 Å². The Hall–Kier alpha value is -3.56. The lowest BCUT2D eigenvalue weighted by Crippen LogP contribution is -2.36. The SMILES string of the molecule is C=C(CC(=O)N1CCc2ccc(Oc3ccc(C(F)(F)F)c(F)c3)cc2C1)NC.CNC=O. The summed E-state index contributed by atoms with van der Waals surface area (Å²) in [6, 6.07) is 7.68. The molecule has 2 aromatic rings. The first-order valence-electron chi connectivity index (χ1n) is 9.99. The summed E-state index contributed by atoms with van der Waals surface area (Å²) in [5, 5.41) is 5.10. The summed E-state index contributed by atoms with van der Waals surface area (Å²) in [5.74, 6) is -1.12. The van der Waals surface area contributed by atoms with Crippen molar-refractivity contribution in [2.24, 2.45) is 0 Å². The van der Waals surface area contributed by atoms with Crippen molar-refractivity contribution in [1.82, 2.24) is 15.5 Å². The Morgan fingerprint density at radius 3 is 2.36 bits per heavy atom. The van der Waals surface area contributed by atoms with E-state index in [1.165, 1.54) is 0 Å². The number of alkyl halides is 3. The van der Waals surface area contributed by atoms with E-state index in [1.807, 2.05) is 6.07 Å². The molecule has 0 bridgehead atoms. The van der Waals surface area contributed by atoms with Crippen molar-refractivity contribution in [1.29, 1.82) is 0 Å². The van der Waals surface area contributed by atoms with Gasteiger partial charge in [-0.2, -0.15) is 13.2 Å². The maximum absolute atomic E-state index is 13.7. The summed E-state index contributed by atoms with van der Waals surface area (Å²) in [6.07, 6.45) is -3.25. The summed E-state index contributed by atoms with van der Waals surface area (Å²) in [6.45, 7) is 4.75. The zero-order valence-corrected chi connectivity index (χ0v) is 18.3. The van der Waals surface area contributed by atoms with E-state index in [-0.39, 0.29) is 18.1 Å². The maximum Gasteiger partial charge on any atom is 0.419 e. The third-order valence-electron chi connectivity index (χ3n) is 4.86. The van der Waals surface area contributed by atoms with E-state index in [1.54, 1.807) is 31.1 Å². The first-order chi connectivity index (χ1) is 15.6. The molecule has 0 fully saturated rings. The minimum absolute atomic E-state index is 0.0375. The highest BCUT2D eigenvalue weighted by Gasteiger charge is 2.34. The second kappa shape index (κ2) is 11.3. The van der Waals surface area contributed by atoms with Crippen LogP contribution < -0.4 is 15.4 Å². The van der Waals surface area contributed by atoms with E-state index in [2.05, 4.69) is 17.2 Å². The van der Waals surface area contributed by atoms with Gasteiger partial charge < -0.3 is 20.3 Å². The number of nitrogens with zero attached hydrogens (tertiary/aromatic N) is 1. The summed E-state index contributed by atoms with van der Waals surface area (Å²) in [5.41, 5.74) is 1.23. The molecule has 0 atom stereocenters. The van der Waals surface area contributed by atoms with Crippen LogP contribution in [0.5, 0.6) is 11.5 Å². The van der Waals surface area contributed by atoms with Crippen molar-refractivity contribution < 1.29 is 31.9 Å². The molecule has 0 spiro atoms. The highest BCUT2D eigenvalue weighted by molar-refractivity contribution is 5.78. The van der Waals surface area contributed by atoms with Crippen LogP contribution in [-0.2, 0) is 28.7 Å². The second-order valence-corrected chi connectivity index (χ2v) is 7.17. The predicted octanol–water partition coefficient (Wildman–Crippen LogP) is 4.01. The molecular formula is C23H25F4N3O3. The highest BCUT2D eigenvalue weighted by atomic mass is 19.4. The van der Waals surface area contributed by atoms with Gasteiger partial charge in [0.2, 0.25) is 12.3 Å². The molecule has 0 unspecified atom stereocenters. The van der Waals surface area contributed by atoms with Crippen molar-refractivity contribution >= 4 is 12.3 Å². The molecule has 0 aromatic heterocycles. The topological polar surface area (TPSA) is 70.7 Å². The van der Waals surface area contributed by atoms with Gasteiger partial charge >= 0.3 is 6.18 Å². The molecular weight excluding hydrogens is 442 g/mol.